The number of ether oxygens (including phenoxy) is 1. The average Bonchev–Trinajstić information content (AvgIpc) is 2.71. The summed E-state index contributed by atoms with van der Waals surface area (Å²) in [5.41, 5.74) is 1.03. The minimum absolute atomic E-state index is 0.00626. The Morgan fingerprint density at radius 3 is 2.95 bits per heavy atom. The number of nitrogens with one attached hydrogen (secondary N) is 1. The van der Waals surface area contributed by atoms with E-state index in [2.05, 4.69) is 10.2 Å². The molecular weight excluding hydrogens is 264 g/mol. The van der Waals surface area contributed by atoms with Crippen LogP contribution in [0.25, 0.3) is 0 Å². The number of amides is 1. The standard InChI is InChI=1S/C17H26N2O2/c1-3-21-16-11-7-6-9-14(16)13-18-17(20)15-10-5-4-8-12-19(15)2/h6-7,9,11,15H,3-5,8,10,12-13H2,1-2H3,(H,18,20). The quantitative estimate of drug-likeness (QED) is 0.906. The van der Waals surface area contributed by atoms with E-state index in [1.807, 2.05) is 38.2 Å². The Morgan fingerprint density at radius 1 is 1.33 bits per heavy atom. The van der Waals surface area contributed by atoms with Crippen molar-refractivity contribution < 1.29 is 9.53 Å². The van der Waals surface area contributed by atoms with E-state index in [0.717, 1.165) is 30.7 Å². The highest BCUT2D eigenvalue weighted by Gasteiger charge is 2.24. The molecule has 1 unspecified atom stereocenters. The first kappa shape index (κ1) is 15.8. The molecule has 1 N–H and O–H groups in total. The summed E-state index contributed by atoms with van der Waals surface area (Å²) in [6, 6.07) is 7.88. The van der Waals surface area contributed by atoms with Crippen LogP contribution in [0, 0.1) is 0 Å². The largest absolute Gasteiger partial charge is 0.494 e. The van der Waals surface area contributed by atoms with Crippen LogP contribution in [0.5, 0.6) is 5.75 Å². The number of carbonyl (C=O) groups excluding carboxylic acids is 1. The van der Waals surface area contributed by atoms with E-state index in [1.54, 1.807) is 0 Å². The third-order valence-corrected chi connectivity index (χ3v) is 4.05. The third kappa shape index (κ3) is 4.46. The lowest BCUT2D eigenvalue weighted by atomic mass is 10.1. The maximum Gasteiger partial charge on any atom is 0.237 e. The highest BCUT2D eigenvalue weighted by atomic mass is 16.5. The van der Waals surface area contributed by atoms with Crippen LogP contribution in [-0.2, 0) is 11.3 Å². The van der Waals surface area contributed by atoms with Gasteiger partial charge in [0.2, 0.25) is 5.91 Å². The van der Waals surface area contributed by atoms with Gasteiger partial charge in [0.1, 0.15) is 5.75 Å². The van der Waals surface area contributed by atoms with E-state index >= 15 is 0 Å². The van der Waals surface area contributed by atoms with E-state index in [0.29, 0.717) is 13.2 Å². The van der Waals surface area contributed by atoms with Crippen molar-refractivity contribution in [3.05, 3.63) is 29.8 Å². The molecule has 1 heterocycles. The molecule has 0 saturated carbocycles. The Labute approximate surface area is 127 Å². The monoisotopic (exact) mass is 290 g/mol. The highest BCUT2D eigenvalue weighted by molar-refractivity contribution is 5.81. The van der Waals surface area contributed by atoms with Gasteiger partial charge < -0.3 is 10.1 Å². The van der Waals surface area contributed by atoms with Crippen molar-refractivity contribution in [2.24, 2.45) is 0 Å². The molecule has 0 bridgehead atoms. The topological polar surface area (TPSA) is 41.6 Å². The summed E-state index contributed by atoms with van der Waals surface area (Å²) in [5.74, 6) is 0.986. The Kier molecular flexibility index (Phi) is 6.05. The third-order valence-electron chi connectivity index (χ3n) is 4.05. The first-order valence-electron chi connectivity index (χ1n) is 7.91. The van der Waals surface area contributed by atoms with Crippen molar-refractivity contribution in [3.63, 3.8) is 0 Å². The number of benzene rings is 1. The van der Waals surface area contributed by atoms with Gasteiger partial charge in [0.25, 0.3) is 0 Å². The minimum Gasteiger partial charge on any atom is -0.494 e. The van der Waals surface area contributed by atoms with Crippen LogP contribution in [0.1, 0.15) is 38.2 Å². The van der Waals surface area contributed by atoms with Gasteiger partial charge in [0.05, 0.1) is 12.6 Å². The molecule has 0 radical (unpaired) electrons. The molecule has 1 aliphatic rings. The van der Waals surface area contributed by atoms with Crippen LogP contribution < -0.4 is 10.1 Å². The second kappa shape index (κ2) is 8.03. The molecule has 1 aromatic rings. The van der Waals surface area contributed by atoms with Crippen LogP contribution in [-0.4, -0.2) is 37.0 Å². The normalized spacial score (nSPS) is 19.8. The van der Waals surface area contributed by atoms with Crippen LogP contribution >= 0.6 is 0 Å². The minimum atomic E-state index is 0.00626. The van der Waals surface area contributed by atoms with E-state index in [4.69, 9.17) is 4.74 Å². The van der Waals surface area contributed by atoms with Gasteiger partial charge in [-0.15, -0.1) is 0 Å². The molecular formula is C17H26N2O2. The molecule has 1 saturated heterocycles. The number of rotatable bonds is 5. The lowest BCUT2D eigenvalue weighted by Gasteiger charge is -2.24. The molecule has 1 aromatic carbocycles. The van der Waals surface area contributed by atoms with Crippen molar-refractivity contribution in [2.75, 3.05) is 20.2 Å². The predicted octanol–water partition coefficient (Wildman–Crippen LogP) is 2.58. The second-order valence-corrected chi connectivity index (χ2v) is 5.60. The maximum atomic E-state index is 12.4. The molecule has 0 aliphatic carbocycles. The van der Waals surface area contributed by atoms with Crippen LogP contribution in [0.3, 0.4) is 0 Å². The molecule has 1 amide bonds. The number of para-hydroxylation sites is 1. The van der Waals surface area contributed by atoms with Crippen molar-refractivity contribution in [1.29, 1.82) is 0 Å². The molecule has 21 heavy (non-hydrogen) atoms. The van der Waals surface area contributed by atoms with Crippen LogP contribution in [0.4, 0.5) is 0 Å². The predicted molar refractivity (Wildman–Crippen MR) is 84.3 cm³/mol. The SMILES string of the molecule is CCOc1ccccc1CNC(=O)C1CCCCCN1C. The first-order valence-corrected chi connectivity index (χ1v) is 7.91. The van der Waals surface area contributed by atoms with E-state index in [1.165, 1.54) is 12.8 Å². The Hall–Kier alpha value is -1.55. The van der Waals surface area contributed by atoms with Gasteiger partial charge in [-0.2, -0.15) is 0 Å². The smallest absolute Gasteiger partial charge is 0.237 e. The zero-order valence-corrected chi connectivity index (χ0v) is 13.1. The van der Waals surface area contributed by atoms with Gasteiger partial charge in [-0.1, -0.05) is 31.0 Å². The number of hydrogen-bond donors (Lipinski definition) is 1. The van der Waals surface area contributed by atoms with E-state index in [9.17, 15) is 4.79 Å². The summed E-state index contributed by atoms with van der Waals surface area (Å²) in [6.07, 6.45) is 4.50. The lowest BCUT2D eigenvalue weighted by molar-refractivity contribution is -0.126. The summed E-state index contributed by atoms with van der Waals surface area (Å²) in [7, 11) is 2.05. The molecule has 2 rings (SSSR count). The van der Waals surface area contributed by atoms with Gasteiger partial charge in [-0.3, -0.25) is 9.69 Å². The number of likely N-dealkylation sites (tertiary alicyclic amines) is 1. The Bertz CT molecular complexity index is 462. The van der Waals surface area contributed by atoms with Crippen molar-refractivity contribution in [3.8, 4) is 5.75 Å². The molecule has 0 spiro atoms. The zero-order chi connectivity index (χ0) is 15.1. The van der Waals surface area contributed by atoms with Crippen LogP contribution in [0.2, 0.25) is 0 Å². The van der Waals surface area contributed by atoms with Gasteiger partial charge in [-0.25, -0.2) is 0 Å². The molecule has 1 atom stereocenters. The summed E-state index contributed by atoms with van der Waals surface area (Å²) in [6.45, 7) is 4.14. The fraction of sp³-hybridized carbons (Fsp3) is 0.588. The zero-order valence-electron chi connectivity index (χ0n) is 13.1. The highest BCUT2D eigenvalue weighted by Crippen LogP contribution is 2.19. The molecule has 0 aromatic heterocycles. The van der Waals surface area contributed by atoms with Crippen LogP contribution in [0.15, 0.2) is 24.3 Å². The Balaban J connectivity index is 1.94. The van der Waals surface area contributed by atoms with Gasteiger partial charge >= 0.3 is 0 Å². The molecule has 4 heteroatoms. The average molecular weight is 290 g/mol. The fourth-order valence-corrected chi connectivity index (χ4v) is 2.83. The lowest BCUT2D eigenvalue weighted by Crippen LogP contribution is -2.44. The summed E-state index contributed by atoms with van der Waals surface area (Å²) >= 11 is 0. The second-order valence-electron chi connectivity index (χ2n) is 5.60. The van der Waals surface area contributed by atoms with Crippen molar-refractivity contribution >= 4 is 5.91 Å². The number of nitrogens with zero attached hydrogens (tertiary/aromatic N) is 1. The summed E-state index contributed by atoms with van der Waals surface area (Å²) < 4.78 is 5.59. The first-order chi connectivity index (χ1) is 10.2. The molecule has 4 nitrogen and oxygen atoms in total. The Morgan fingerprint density at radius 2 is 2.14 bits per heavy atom. The molecule has 116 valence electrons. The number of likely N-dealkylation sites (N-methyl/N-ethyl adjacent to an activating group) is 1. The molecule has 1 aliphatic heterocycles. The maximum absolute atomic E-state index is 12.4. The number of hydrogen-bond acceptors (Lipinski definition) is 3. The van der Waals surface area contributed by atoms with Gasteiger partial charge in [-0.05, 0) is 39.4 Å². The number of carbonyl (C=O) groups is 1. The van der Waals surface area contributed by atoms with E-state index in [-0.39, 0.29) is 11.9 Å². The van der Waals surface area contributed by atoms with Gasteiger partial charge in [0, 0.05) is 12.1 Å². The van der Waals surface area contributed by atoms with E-state index < -0.39 is 0 Å². The summed E-state index contributed by atoms with van der Waals surface area (Å²) in [5, 5.41) is 3.07. The summed E-state index contributed by atoms with van der Waals surface area (Å²) in [4.78, 5) is 14.6. The fourth-order valence-electron chi connectivity index (χ4n) is 2.83. The van der Waals surface area contributed by atoms with Gasteiger partial charge in [0.15, 0.2) is 0 Å². The van der Waals surface area contributed by atoms with Crippen molar-refractivity contribution in [2.45, 2.75) is 45.2 Å². The molecule has 1 fully saturated rings. The van der Waals surface area contributed by atoms with Crippen molar-refractivity contribution in [1.82, 2.24) is 10.2 Å².